The van der Waals surface area contributed by atoms with E-state index in [4.69, 9.17) is 5.73 Å². The van der Waals surface area contributed by atoms with Crippen molar-refractivity contribution in [1.29, 1.82) is 0 Å². The predicted molar refractivity (Wildman–Crippen MR) is 91.2 cm³/mol. The molecule has 0 saturated heterocycles. The fourth-order valence-corrected chi connectivity index (χ4v) is 2.24. The van der Waals surface area contributed by atoms with Crippen LogP contribution in [0.2, 0.25) is 0 Å². The van der Waals surface area contributed by atoms with E-state index in [2.05, 4.69) is 10.4 Å². The highest BCUT2D eigenvalue weighted by Crippen LogP contribution is 2.33. The molecule has 0 bridgehead atoms. The first-order valence-corrected chi connectivity index (χ1v) is 7.55. The lowest BCUT2D eigenvalue weighted by Gasteiger charge is -2.13. The number of carbonyl (C=O) groups is 1. The lowest BCUT2D eigenvalue weighted by molar-refractivity contribution is -0.143. The quantitative estimate of drug-likeness (QED) is 0.761. The Balaban J connectivity index is 0.00000312. The van der Waals surface area contributed by atoms with E-state index < -0.39 is 23.3 Å². The van der Waals surface area contributed by atoms with Gasteiger partial charge in [0.2, 0.25) is 0 Å². The van der Waals surface area contributed by atoms with E-state index in [1.807, 2.05) is 6.92 Å². The van der Waals surface area contributed by atoms with Crippen LogP contribution in [0.1, 0.15) is 34.5 Å². The molecule has 2 aromatic rings. The van der Waals surface area contributed by atoms with Crippen LogP contribution in [0, 0.1) is 6.92 Å². The number of halogens is 4. The Hall–Kier alpha value is -2.06. The summed E-state index contributed by atoms with van der Waals surface area (Å²) in [5.74, 6) is -0.794. The zero-order chi connectivity index (χ0) is 17.7. The van der Waals surface area contributed by atoms with Gasteiger partial charge < -0.3 is 11.1 Å². The molecule has 0 spiro atoms. The summed E-state index contributed by atoms with van der Waals surface area (Å²) >= 11 is 0. The minimum absolute atomic E-state index is 0. The van der Waals surface area contributed by atoms with Gasteiger partial charge in [-0.25, -0.2) is 4.68 Å². The van der Waals surface area contributed by atoms with Crippen molar-refractivity contribution in [1.82, 2.24) is 15.1 Å². The second kappa shape index (κ2) is 8.87. The van der Waals surface area contributed by atoms with Gasteiger partial charge in [-0.2, -0.15) is 18.3 Å². The number of carbonyl (C=O) groups excluding carboxylic acids is 1. The average Bonchev–Trinajstić information content (AvgIpc) is 2.97. The Morgan fingerprint density at radius 1 is 1.24 bits per heavy atom. The van der Waals surface area contributed by atoms with Crippen LogP contribution >= 0.6 is 12.4 Å². The molecule has 1 aromatic carbocycles. The van der Waals surface area contributed by atoms with E-state index >= 15 is 0 Å². The highest BCUT2D eigenvalue weighted by atomic mass is 35.5. The van der Waals surface area contributed by atoms with E-state index in [1.54, 1.807) is 12.1 Å². The van der Waals surface area contributed by atoms with Crippen molar-refractivity contribution in [2.75, 3.05) is 13.1 Å². The molecule has 0 aliphatic heterocycles. The number of aromatic nitrogens is 2. The van der Waals surface area contributed by atoms with Crippen LogP contribution < -0.4 is 11.1 Å². The monoisotopic (exact) mass is 376 g/mol. The molecule has 0 unspecified atom stereocenters. The molecular weight excluding hydrogens is 357 g/mol. The van der Waals surface area contributed by atoms with Crippen molar-refractivity contribution in [3.63, 3.8) is 0 Å². The number of nitrogens with one attached hydrogen (secondary N) is 1. The Kier molecular flexibility index (Phi) is 7.44. The summed E-state index contributed by atoms with van der Waals surface area (Å²) in [5, 5.41) is 6.24. The summed E-state index contributed by atoms with van der Waals surface area (Å²) in [7, 11) is 0. The Bertz CT molecular complexity index is 698. The smallest absolute Gasteiger partial charge is 0.352 e. The molecule has 0 atom stereocenters. The van der Waals surface area contributed by atoms with Gasteiger partial charge in [0.05, 0.1) is 17.4 Å². The van der Waals surface area contributed by atoms with Crippen LogP contribution in [-0.4, -0.2) is 28.8 Å². The Morgan fingerprint density at radius 3 is 2.44 bits per heavy atom. The van der Waals surface area contributed by atoms with Crippen LogP contribution in [0.3, 0.4) is 0 Å². The second-order valence-corrected chi connectivity index (χ2v) is 5.40. The molecule has 0 fully saturated rings. The predicted octanol–water partition coefficient (Wildman–Crippen LogP) is 3.09. The number of aryl methyl sites for hydroxylation is 1. The molecule has 3 N–H and O–H groups in total. The van der Waals surface area contributed by atoms with Crippen molar-refractivity contribution in [2.45, 2.75) is 25.9 Å². The molecule has 0 aliphatic rings. The molecule has 1 amide bonds. The normalized spacial score (nSPS) is 11.1. The SMILES string of the molecule is Cc1ccc(-n2ncc(C(=O)NCCCCN)c2C(F)(F)F)cc1.Cl. The summed E-state index contributed by atoms with van der Waals surface area (Å²) in [6.07, 6.45) is -2.46. The van der Waals surface area contributed by atoms with Gasteiger partial charge in [-0.1, -0.05) is 17.7 Å². The number of nitrogens with zero attached hydrogens (tertiary/aromatic N) is 2. The molecule has 0 saturated carbocycles. The zero-order valence-electron chi connectivity index (χ0n) is 13.6. The Morgan fingerprint density at radius 2 is 1.88 bits per heavy atom. The van der Waals surface area contributed by atoms with Crippen LogP contribution in [0.5, 0.6) is 0 Å². The number of alkyl halides is 3. The molecule has 0 radical (unpaired) electrons. The molecular formula is C16H20ClF3N4O. The second-order valence-electron chi connectivity index (χ2n) is 5.40. The van der Waals surface area contributed by atoms with Gasteiger partial charge in [0.15, 0.2) is 5.69 Å². The summed E-state index contributed by atoms with van der Waals surface area (Å²) in [6.45, 7) is 2.57. The maximum absolute atomic E-state index is 13.5. The summed E-state index contributed by atoms with van der Waals surface area (Å²) in [5.41, 5.74) is 4.93. The summed E-state index contributed by atoms with van der Waals surface area (Å²) in [4.78, 5) is 12.1. The minimum atomic E-state index is -4.70. The first kappa shape index (κ1) is 21.0. The highest BCUT2D eigenvalue weighted by molar-refractivity contribution is 5.95. The van der Waals surface area contributed by atoms with Crippen LogP contribution in [0.4, 0.5) is 13.2 Å². The van der Waals surface area contributed by atoms with Crippen molar-refractivity contribution in [2.24, 2.45) is 5.73 Å². The number of hydrogen-bond donors (Lipinski definition) is 2. The fourth-order valence-electron chi connectivity index (χ4n) is 2.24. The van der Waals surface area contributed by atoms with Crippen molar-refractivity contribution in [3.8, 4) is 5.69 Å². The van der Waals surface area contributed by atoms with E-state index in [-0.39, 0.29) is 24.6 Å². The van der Waals surface area contributed by atoms with Crippen LogP contribution in [-0.2, 0) is 6.18 Å². The molecule has 0 aliphatic carbocycles. The van der Waals surface area contributed by atoms with Crippen LogP contribution in [0.15, 0.2) is 30.5 Å². The lowest BCUT2D eigenvalue weighted by atomic mass is 10.2. The molecule has 1 aromatic heterocycles. The third kappa shape index (κ3) is 5.20. The van der Waals surface area contributed by atoms with E-state index in [0.717, 1.165) is 16.4 Å². The van der Waals surface area contributed by atoms with Crippen molar-refractivity contribution >= 4 is 18.3 Å². The molecule has 2 rings (SSSR count). The molecule has 5 nitrogen and oxygen atoms in total. The van der Waals surface area contributed by atoms with Gasteiger partial charge in [0, 0.05) is 6.54 Å². The van der Waals surface area contributed by atoms with E-state index in [9.17, 15) is 18.0 Å². The third-order valence-electron chi connectivity index (χ3n) is 3.48. The minimum Gasteiger partial charge on any atom is -0.352 e. The number of hydrogen-bond acceptors (Lipinski definition) is 3. The van der Waals surface area contributed by atoms with Crippen molar-refractivity contribution < 1.29 is 18.0 Å². The summed E-state index contributed by atoms with van der Waals surface area (Å²) in [6, 6.07) is 6.43. The fraction of sp³-hybridized carbons (Fsp3) is 0.375. The lowest BCUT2D eigenvalue weighted by Crippen LogP contribution is -2.27. The molecule has 9 heteroatoms. The highest BCUT2D eigenvalue weighted by Gasteiger charge is 2.40. The third-order valence-corrected chi connectivity index (χ3v) is 3.48. The van der Waals surface area contributed by atoms with Gasteiger partial charge in [0.1, 0.15) is 0 Å². The van der Waals surface area contributed by atoms with Gasteiger partial charge >= 0.3 is 6.18 Å². The van der Waals surface area contributed by atoms with Crippen molar-refractivity contribution in [3.05, 3.63) is 47.3 Å². The van der Waals surface area contributed by atoms with E-state index in [1.165, 1.54) is 12.1 Å². The molecule has 25 heavy (non-hydrogen) atoms. The first-order chi connectivity index (χ1) is 11.3. The topological polar surface area (TPSA) is 72.9 Å². The standard InChI is InChI=1S/C16H19F3N4O.ClH/c1-11-4-6-12(7-5-11)23-14(16(17,18)19)13(10-22-23)15(24)21-9-3-2-8-20;/h4-7,10H,2-3,8-9,20H2,1H3,(H,21,24);1H. The number of nitrogens with two attached hydrogens (primary N) is 1. The molecule has 138 valence electrons. The van der Waals surface area contributed by atoms with Gasteiger partial charge in [-0.15, -0.1) is 12.4 Å². The largest absolute Gasteiger partial charge is 0.434 e. The Labute approximate surface area is 149 Å². The van der Waals surface area contributed by atoms with Gasteiger partial charge in [-0.05, 0) is 38.4 Å². The summed E-state index contributed by atoms with van der Waals surface area (Å²) < 4.78 is 41.1. The van der Waals surface area contributed by atoms with Crippen LogP contribution in [0.25, 0.3) is 5.69 Å². The maximum Gasteiger partial charge on any atom is 0.434 e. The number of benzene rings is 1. The van der Waals surface area contributed by atoms with Gasteiger partial charge in [0.25, 0.3) is 5.91 Å². The average molecular weight is 377 g/mol. The zero-order valence-corrected chi connectivity index (χ0v) is 14.5. The molecule has 1 heterocycles. The van der Waals surface area contributed by atoms with Gasteiger partial charge in [-0.3, -0.25) is 4.79 Å². The number of rotatable bonds is 6. The maximum atomic E-state index is 13.5. The number of amides is 1. The first-order valence-electron chi connectivity index (χ1n) is 7.55. The van der Waals surface area contributed by atoms with E-state index in [0.29, 0.717) is 19.4 Å². The number of unbranched alkanes of at least 4 members (excludes halogenated alkanes) is 1.